The fourth-order valence-corrected chi connectivity index (χ4v) is 4.08. The number of alkyl halides is 3. The Balaban J connectivity index is 1.54. The second kappa shape index (κ2) is 8.67. The number of rotatable bonds is 6. The lowest BCUT2D eigenvalue weighted by Gasteiger charge is -2.13. The van der Waals surface area contributed by atoms with Crippen LogP contribution in [0.3, 0.4) is 0 Å². The molecule has 4 rings (SSSR count). The minimum absolute atomic E-state index is 0.120. The molecule has 1 aliphatic rings. The first kappa shape index (κ1) is 21.9. The molecule has 1 aliphatic carbocycles. The highest BCUT2D eigenvalue weighted by atomic mass is 32.2. The number of thioether (sulfide) groups is 1. The Morgan fingerprint density at radius 1 is 1.28 bits per heavy atom. The van der Waals surface area contributed by atoms with Crippen LogP contribution in [0.15, 0.2) is 47.5 Å². The van der Waals surface area contributed by atoms with Crippen LogP contribution in [-0.2, 0) is 11.0 Å². The SMILES string of the molecule is Cc1cc(C(F)(F)F)c(C#N)c(SCC(=O)Nc2cc(C3CC3)nn2-c2ccccc2)n1. The molecule has 1 amide bonds. The van der Waals surface area contributed by atoms with Crippen LogP contribution in [0.2, 0.25) is 0 Å². The Hall–Kier alpha value is -3.32. The molecule has 2 heterocycles. The molecule has 0 unspecified atom stereocenters. The number of nitrogens with zero attached hydrogens (tertiary/aromatic N) is 4. The van der Waals surface area contributed by atoms with Crippen LogP contribution in [0.4, 0.5) is 19.0 Å². The van der Waals surface area contributed by atoms with E-state index in [4.69, 9.17) is 0 Å². The molecule has 1 aromatic carbocycles. The molecule has 10 heteroatoms. The summed E-state index contributed by atoms with van der Waals surface area (Å²) in [4.78, 5) is 16.7. The zero-order valence-corrected chi connectivity index (χ0v) is 17.8. The van der Waals surface area contributed by atoms with Crippen LogP contribution >= 0.6 is 11.8 Å². The van der Waals surface area contributed by atoms with Crippen molar-refractivity contribution in [3.63, 3.8) is 0 Å². The van der Waals surface area contributed by atoms with Gasteiger partial charge < -0.3 is 5.32 Å². The second-order valence-electron chi connectivity index (χ2n) is 7.41. The fourth-order valence-electron chi connectivity index (χ4n) is 3.23. The van der Waals surface area contributed by atoms with E-state index in [1.807, 2.05) is 36.4 Å². The van der Waals surface area contributed by atoms with E-state index in [1.165, 1.54) is 6.92 Å². The lowest BCUT2D eigenvalue weighted by atomic mass is 10.1. The number of halogens is 3. The van der Waals surface area contributed by atoms with Gasteiger partial charge in [-0.15, -0.1) is 0 Å². The predicted octanol–water partition coefficient (Wildman–Crippen LogP) is 5.07. The van der Waals surface area contributed by atoms with E-state index in [9.17, 15) is 23.2 Å². The summed E-state index contributed by atoms with van der Waals surface area (Å²) in [6.07, 6.45) is -2.59. The molecule has 0 aliphatic heterocycles. The Kier molecular flexibility index (Phi) is 5.93. The standard InChI is InChI=1S/C22H18F3N5OS/c1-13-9-17(22(23,24)25)16(11-26)21(27-13)32-12-20(31)28-19-10-18(14-7-8-14)29-30(19)15-5-3-2-4-6-15/h2-6,9-10,14H,7-8,12H2,1H3,(H,28,31). The summed E-state index contributed by atoms with van der Waals surface area (Å²) in [5, 5.41) is 16.5. The predicted molar refractivity (Wildman–Crippen MR) is 114 cm³/mol. The van der Waals surface area contributed by atoms with E-state index >= 15 is 0 Å². The van der Waals surface area contributed by atoms with Gasteiger partial charge >= 0.3 is 6.18 Å². The molecule has 6 nitrogen and oxygen atoms in total. The van der Waals surface area contributed by atoms with Gasteiger partial charge in [0.05, 0.1) is 28.3 Å². The van der Waals surface area contributed by atoms with Crippen LogP contribution in [0.5, 0.6) is 0 Å². The van der Waals surface area contributed by atoms with Gasteiger partial charge in [0.25, 0.3) is 0 Å². The lowest BCUT2D eigenvalue weighted by molar-refractivity contribution is -0.138. The number of nitrogens with one attached hydrogen (secondary N) is 1. The normalized spacial score (nSPS) is 13.6. The van der Waals surface area contributed by atoms with Crippen molar-refractivity contribution in [2.24, 2.45) is 0 Å². The Morgan fingerprint density at radius 2 is 2.00 bits per heavy atom. The quantitative estimate of drug-likeness (QED) is 0.522. The van der Waals surface area contributed by atoms with Gasteiger partial charge in [-0.2, -0.15) is 23.5 Å². The second-order valence-corrected chi connectivity index (χ2v) is 8.38. The van der Waals surface area contributed by atoms with Gasteiger partial charge in [-0.05, 0) is 38.0 Å². The molecule has 1 N–H and O–H groups in total. The van der Waals surface area contributed by atoms with Gasteiger partial charge in [0.2, 0.25) is 5.91 Å². The van der Waals surface area contributed by atoms with Gasteiger partial charge in [-0.25, -0.2) is 9.67 Å². The molecule has 32 heavy (non-hydrogen) atoms. The Labute approximate surface area is 186 Å². The summed E-state index contributed by atoms with van der Waals surface area (Å²) in [5.41, 5.74) is 0.163. The number of amides is 1. The van der Waals surface area contributed by atoms with Crippen molar-refractivity contribution in [3.8, 4) is 11.8 Å². The van der Waals surface area contributed by atoms with E-state index in [2.05, 4.69) is 15.4 Å². The van der Waals surface area contributed by atoms with Crippen molar-refractivity contribution < 1.29 is 18.0 Å². The third-order valence-corrected chi connectivity index (χ3v) is 5.84. The molecule has 2 aromatic heterocycles. The van der Waals surface area contributed by atoms with Crippen LogP contribution in [0.25, 0.3) is 5.69 Å². The molecule has 1 saturated carbocycles. The van der Waals surface area contributed by atoms with Crippen LogP contribution in [0, 0.1) is 18.3 Å². The van der Waals surface area contributed by atoms with Crippen molar-refractivity contribution in [2.45, 2.75) is 36.9 Å². The Morgan fingerprint density at radius 3 is 2.62 bits per heavy atom. The number of nitriles is 1. The number of carbonyl (C=O) groups excluding carboxylic acids is 1. The highest BCUT2D eigenvalue weighted by molar-refractivity contribution is 8.00. The number of pyridine rings is 1. The number of aryl methyl sites for hydroxylation is 1. The average molecular weight is 457 g/mol. The van der Waals surface area contributed by atoms with E-state index in [0.717, 1.165) is 42.1 Å². The van der Waals surface area contributed by atoms with Crippen LogP contribution in [-0.4, -0.2) is 26.4 Å². The highest BCUT2D eigenvalue weighted by Crippen LogP contribution is 2.40. The minimum Gasteiger partial charge on any atom is -0.310 e. The topological polar surface area (TPSA) is 83.6 Å². The molecule has 0 radical (unpaired) electrons. The maximum absolute atomic E-state index is 13.3. The van der Waals surface area contributed by atoms with Gasteiger partial charge in [0, 0.05) is 17.7 Å². The Bertz CT molecular complexity index is 1200. The van der Waals surface area contributed by atoms with Crippen molar-refractivity contribution in [3.05, 3.63) is 65.0 Å². The number of hydrogen-bond acceptors (Lipinski definition) is 5. The summed E-state index contributed by atoms with van der Waals surface area (Å²) >= 11 is 0.795. The van der Waals surface area contributed by atoms with Crippen LogP contribution in [0.1, 0.15) is 41.3 Å². The molecule has 1 fully saturated rings. The zero-order valence-electron chi connectivity index (χ0n) is 17.0. The molecular formula is C22H18F3N5OS. The van der Waals surface area contributed by atoms with Gasteiger partial charge in [0.1, 0.15) is 16.9 Å². The molecule has 0 atom stereocenters. The summed E-state index contributed by atoms with van der Waals surface area (Å²) < 4.78 is 41.5. The third-order valence-electron chi connectivity index (χ3n) is 4.86. The van der Waals surface area contributed by atoms with Gasteiger partial charge in [-0.3, -0.25) is 4.79 Å². The van der Waals surface area contributed by atoms with E-state index in [-0.39, 0.29) is 16.5 Å². The smallest absolute Gasteiger partial charge is 0.310 e. The van der Waals surface area contributed by atoms with Crippen LogP contribution < -0.4 is 5.32 Å². The largest absolute Gasteiger partial charge is 0.417 e. The summed E-state index contributed by atoms with van der Waals surface area (Å²) in [5.74, 6) is 0.217. The minimum atomic E-state index is -4.68. The number of aromatic nitrogens is 3. The highest BCUT2D eigenvalue weighted by Gasteiger charge is 2.35. The zero-order chi connectivity index (χ0) is 22.9. The monoisotopic (exact) mass is 457 g/mol. The van der Waals surface area contributed by atoms with E-state index in [1.54, 1.807) is 10.8 Å². The number of benzene rings is 1. The number of para-hydroxylation sites is 1. The third kappa shape index (κ3) is 4.78. The average Bonchev–Trinajstić information content (AvgIpc) is 3.52. The van der Waals surface area contributed by atoms with Crippen molar-refractivity contribution in [1.29, 1.82) is 5.26 Å². The lowest BCUT2D eigenvalue weighted by Crippen LogP contribution is -2.17. The molecule has 3 aromatic rings. The molecule has 164 valence electrons. The fraction of sp³-hybridized carbons (Fsp3) is 0.273. The number of anilines is 1. The van der Waals surface area contributed by atoms with Gasteiger partial charge in [0.15, 0.2) is 0 Å². The molecular weight excluding hydrogens is 439 g/mol. The summed E-state index contributed by atoms with van der Waals surface area (Å²) in [7, 11) is 0. The van der Waals surface area contributed by atoms with E-state index in [0.29, 0.717) is 11.7 Å². The first-order chi connectivity index (χ1) is 15.3. The van der Waals surface area contributed by atoms with Crippen molar-refractivity contribution >= 4 is 23.5 Å². The summed E-state index contributed by atoms with van der Waals surface area (Å²) in [6, 6.07) is 13.6. The maximum Gasteiger partial charge on any atom is 0.417 e. The van der Waals surface area contributed by atoms with Gasteiger partial charge in [-0.1, -0.05) is 30.0 Å². The number of hydrogen-bond donors (Lipinski definition) is 1. The molecule has 0 saturated heterocycles. The first-order valence-electron chi connectivity index (χ1n) is 9.83. The maximum atomic E-state index is 13.3. The summed E-state index contributed by atoms with van der Waals surface area (Å²) in [6.45, 7) is 1.42. The number of carbonyl (C=O) groups is 1. The molecule has 0 bridgehead atoms. The first-order valence-corrected chi connectivity index (χ1v) is 10.8. The van der Waals surface area contributed by atoms with Crippen molar-refractivity contribution in [1.82, 2.24) is 14.8 Å². The molecule has 0 spiro atoms. The van der Waals surface area contributed by atoms with Crippen molar-refractivity contribution in [2.75, 3.05) is 11.1 Å². The van der Waals surface area contributed by atoms with E-state index < -0.39 is 23.2 Å².